The number of rotatable bonds is 8. The molecule has 0 aromatic rings. The molecule has 25 heavy (non-hydrogen) atoms. The molecule has 2 saturated heterocycles. The maximum absolute atomic E-state index is 13.0. The van der Waals surface area contributed by atoms with Gasteiger partial charge in [-0.25, -0.2) is 0 Å². The van der Waals surface area contributed by atoms with Crippen molar-refractivity contribution in [1.82, 2.24) is 10.2 Å². The molecule has 1 saturated carbocycles. The minimum Gasteiger partial charge on any atom is -0.465 e. The Balaban J connectivity index is 2.09. The van der Waals surface area contributed by atoms with E-state index < -0.39 is 24.0 Å². The van der Waals surface area contributed by atoms with Gasteiger partial charge in [-0.15, -0.1) is 0 Å². The third-order valence-corrected chi connectivity index (χ3v) is 5.40. The molecule has 0 spiro atoms. The van der Waals surface area contributed by atoms with Gasteiger partial charge in [-0.1, -0.05) is 13.3 Å². The highest BCUT2D eigenvalue weighted by Crippen LogP contribution is 2.39. The van der Waals surface area contributed by atoms with E-state index in [4.69, 9.17) is 10.5 Å². The maximum Gasteiger partial charge on any atom is 0.323 e. The van der Waals surface area contributed by atoms with Gasteiger partial charge in [0.05, 0.1) is 12.6 Å². The summed E-state index contributed by atoms with van der Waals surface area (Å²) in [6, 6.07) is -1.53. The Hall–Kier alpha value is -1.63. The van der Waals surface area contributed by atoms with Crippen molar-refractivity contribution in [2.45, 2.75) is 83.5 Å². The second-order valence-electron chi connectivity index (χ2n) is 7.14. The average molecular weight is 353 g/mol. The van der Waals surface area contributed by atoms with Gasteiger partial charge in [-0.05, 0) is 51.9 Å². The standard InChI is InChI=1S/C18H31N3O4/c1-4-6-14(18(24)25-5-2)20-11(3)17(23)21-13-9-7-12(8-10-13)15(21)16(19)22/h11-15,20H,4-10H2,1-3H3,(H2,19,22)/t11?,12?,13?,14-,15-/m0/s1. The highest BCUT2D eigenvalue weighted by Gasteiger charge is 2.47. The van der Waals surface area contributed by atoms with Crippen LogP contribution in [-0.2, 0) is 19.1 Å². The van der Waals surface area contributed by atoms with Gasteiger partial charge in [-0.3, -0.25) is 19.7 Å². The molecule has 1 aliphatic carbocycles. The first-order chi connectivity index (χ1) is 11.9. The van der Waals surface area contributed by atoms with Gasteiger partial charge < -0.3 is 15.4 Å². The second-order valence-corrected chi connectivity index (χ2v) is 7.14. The van der Waals surface area contributed by atoms with E-state index in [0.717, 1.165) is 32.1 Å². The van der Waals surface area contributed by atoms with Crippen molar-refractivity contribution in [3.8, 4) is 0 Å². The molecular formula is C18H31N3O4. The van der Waals surface area contributed by atoms with Crippen LogP contribution in [0.2, 0.25) is 0 Å². The van der Waals surface area contributed by atoms with Crippen LogP contribution in [0.25, 0.3) is 0 Å². The van der Waals surface area contributed by atoms with Crippen molar-refractivity contribution in [3.05, 3.63) is 0 Å². The lowest BCUT2D eigenvalue weighted by Crippen LogP contribution is -2.65. The zero-order valence-corrected chi connectivity index (χ0v) is 15.5. The number of fused-ring (bicyclic) bond motifs is 3. The van der Waals surface area contributed by atoms with Crippen molar-refractivity contribution >= 4 is 17.8 Å². The Kier molecular flexibility index (Phi) is 6.81. The van der Waals surface area contributed by atoms with Gasteiger partial charge in [-0.2, -0.15) is 0 Å². The molecule has 3 atom stereocenters. The summed E-state index contributed by atoms with van der Waals surface area (Å²) >= 11 is 0. The van der Waals surface area contributed by atoms with Crippen molar-refractivity contribution in [2.75, 3.05) is 6.61 Å². The molecule has 3 fully saturated rings. The van der Waals surface area contributed by atoms with Crippen molar-refractivity contribution in [1.29, 1.82) is 0 Å². The first-order valence-electron chi connectivity index (χ1n) is 9.44. The van der Waals surface area contributed by atoms with E-state index in [1.165, 1.54) is 0 Å². The third kappa shape index (κ3) is 4.32. The van der Waals surface area contributed by atoms with Crippen LogP contribution >= 0.6 is 0 Å². The largest absolute Gasteiger partial charge is 0.465 e. The van der Waals surface area contributed by atoms with E-state index >= 15 is 0 Å². The number of amides is 2. The van der Waals surface area contributed by atoms with Gasteiger partial charge >= 0.3 is 5.97 Å². The summed E-state index contributed by atoms with van der Waals surface area (Å²) < 4.78 is 5.09. The van der Waals surface area contributed by atoms with Crippen molar-refractivity contribution in [2.24, 2.45) is 11.7 Å². The molecule has 0 aromatic heterocycles. The minimum absolute atomic E-state index is 0.0754. The Morgan fingerprint density at radius 2 is 1.84 bits per heavy atom. The third-order valence-electron chi connectivity index (χ3n) is 5.40. The van der Waals surface area contributed by atoms with Crippen LogP contribution < -0.4 is 11.1 Å². The summed E-state index contributed by atoms with van der Waals surface area (Å²) in [5, 5.41) is 3.10. The fourth-order valence-electron chi connectivity index (χ4n) is 4.23. The van der Waals surface area contributed by atoms with E-state index in [0.29, 0.717) is 13.0 Å². The summed E-state index contributed by atoms with van der Waals surface area (Å²) in [6.07, 6.45) is 5.14. The van der Waals surface area contributed by atoms with Crippen LogP contribution in [0.1, 0.15) is 59.3 Å². The number of piperidine rings is 2. The molecule has 0 radical (unpaired) electrons. The monoisotopic (exact) mass is 353 g/mol. The highest BCUT2D eigenvalue weighted by molar-refractivity contribution is 5.90. The highest BCUT2D eigenvalue weighted by atomic mass is 16.5. The summed E-state index contributed by atoms with van der Waals surface area (Å²) in [6.45, 7) is 5.79. The molecule has 3 aliphatic rings. The number of carbonyl (C=O) groups is 3. The molecular weight excluding hydrogens is 322 g/mol. The molecule has 7 heteroatoms. The predicted molar refractivity (Wildman–Crippen MR) is 93.5 cm³/mol. The molecule has 3 N–H and O–H groups in total. The number of hydrogen-bond donors (Lipinski definition) is 2. The zero-order chi connectivity index (χ0) is 18.6. The summed E-state index contributed by atoms with van der Waals surface area (Å²) in [7, 11) is 0. The van der Waals surface area contributed by atoms with Gasteiger partial charge in [0.2, 0.25) is 11.8 Å². The Morgan fingerprint density at radius 1 is 1.20 bits per heavy atom. The van der Waals surface area contributed by atoms with Crippen molar-refractivity contribution in [3.63, 3.8) is 0 Å². The van der Waals surface area contributed by atoms with E-state index in [-0.39, 0.29) is 23.8 Å². The van der Waals surface area contributed by atoms with E-state index in [1.807, 2.05) is 6.92 Å². The fraction of sp³-hybridized carbons (Fsp3) is 0.833. The van der Waals surface area contributed by atoms with Crippen LogP contribution in [0.5, 0.6) is 0 Å². The number of nitrogens with zero attached hydrogens (tertiary/aromatic N) is 1. The fourth-order valence-corrected chi connectivity index (χ4v) is 4.23. The topological polar surface area (TPSA) is 102 Å². The number of hydrogen-bond acceptors (Lipinski definition) is 5. The quantitative estimate of drug-likeness (QED) is 0.633. The van der Waals surface area contributed by atoms with Crippen molar-refractivity contribution < 1.29 is 19.1 Å². The minimum atomic E-state index is -0.567. The van der Waals surface area contributed by atoms with Crippen LogP contribution in [0.4, 0.5) is 0 Å². The first-order valence-corrected chi connectivity index (χ1v) is 9.44. The van der Waals surface area contributed by atoms with Gasteiger partial charge in [0.25, 0.3) is 0 Å². The predicted octanol–water partition coefficient (Wildman–Crippen LogP) is 0.951. The summed E-state index contributed by atoms with van der Waals surface area (Å²) in [4.78, 5) is 38.7. The molecule has 2 heterocycles. The molecule has 1 unspecified atom stereocenters. The summed E-state index contributed by atoms with van der Waals surface area (Å²) in [5.41, 5.74) is 5.59. The first kappa shape index (κ1) is 19.7. The lowest BCUT2D eigenvalue weighted by molar-refractivity contribution is -0.154. The van der Waals surface area contributed by atoms with Gasteiger partial charge in [0.15, 0.2) is 0 Å². The lowest BCUT2D eigenvalue weighted by Gasteiger charge is -2.50. The zero-order valence-electron chi connectivity index (χ0n) is 15.5. The van der Waals surface area contributed by atoms with E-state index in [2.05, 4.69) is 5.32 Å². The average Bonchev–Trinajstić information content (AvgIpc) is 2.60. The summed E-state index contributed by atoms with van der Waals surface area (Å²) in [5.74, 6) is -0.750. The molecule has 142 valence electrons. The van der Waals surface area contributed by atoms with E-state index in [1.54, 1.807) is 18.7 Å². The van der Waals surface area contributed by atoms with Crippen LogP contribution in [0.3, 0.4) is 0 Å². The smallest absolute Gasteiger partial charge is 0.323 e. The second kappa shape index (κ2) is 8.65. The number of carbonyl (C=O) groups excluding carboxylic acids is 3. The molecule has 2 aliphatic heterocycles. The molecule has 2 amide bonds. The normalized spacial score (nSPS) is 27.6. The van der Waals surface area contributed by atoms with Gasteiger partial charge in [0, 0.05) is 6.04 Å². The number of nitrogens with two attached hydrogens (primary N) is 1. The molecule has 7 nitrogen and oxygen atoms in total. The van der Waals surface area contributed by atoms with Crippen LogP contribution in [0, 0.1) is 5.92 Å². The van der Waals surface area contributed by atoms with Gasteiger partial charge in [0.1, 0.15) is 12.1 Å². The van der Waals surface area contributed by atoms with E-state index in [9.17, 15) is 14.4 Å². The van der Waals surface area contributed by atoms with Crippen LogP contribution in [0.15, 0.2) is 0 Å². The molecule has 3 rings (SSSR count). The Bertz CT molecular complexity index is 503. The maximum atomic E-state index is 13.0. The number of ether oxygens (including phenoxy) is 1. The SMILES string of the molecule is CCC[C@H](NC(C)C(=O)N1C2CCC(CC2)[C@H]1C(N)=O)C(=O)OCC. The lowest BCUT2D eigenvalue weighted by atomic mass is 9.74. The van der Waals surface area contributed by atoms with Crippen LogP contribution in [-0.4, -0.2) is 53.5 Å². The Labute approximate surface area is 149 Å². The Morgan fingerprint density at radius 3 is 2.36 bits per heavy atom. The number of esters is 1. The number of nitrogens with one attached hydrogen (secondary N) is 1. The number of primary amides is 1. The molecule has 0 aromatic carbocycles. The molecule has 2 bridgehead atoms.